The number of H-pyrrole nitrogens is 1. The molecule has 2 N–H and O–H groups in total. The molecule has 0 aliphatic carbocycles. The molecule has 0 spiro atoms. The zero-order valence-electron chi connectivity index (χ0n) is 19.5. The molecule has 2 unspecified atom stereocenters. The quantitative estimate of drug-likeness (QED) is 0.204. The molecule has 208 valence electrons. The molecule has 0 amide bonds. The highest BCUT2D eigenvalue weighted by Gasteiger charge is 2.51. The van der Waals surface area contributed by atoms with E-state index in [9.17, 15) is 14.3 Å². The summed E-state index contributed by atoms with van der Waals surface area (Å²) in [6.45, 7) is -9.01. The van der Waals surface area contributed by atoms with Crippen LogP contribution in [0.25, 0.3) is 22.3 Å². The number of nitrogens with one attached hydrogen (secondary N) is 1. The minimum absolute atomic E-state index is 0.0383. The van der Waals surface area contributed by atoms with Gasteiger partial charge in [-0.1, -0.05) is 12.2 Å². The van der Waals surface area contributed by atoms with Crippen LogP contribution in [0.1, 0.15) is 12.1 Å². The van der Waals surface area contributed by atoms with Crippen molar-refractivity contribution in [3.05, 3.63) is 41.4 Å². The summed E-state index contributed by atoms with van der Waals surface area (Å²) < 4.78 is 59.6. The van der Waals surface area contributed by atoms with Gasteiger partial charge in [0.1, 0.15) is 36.5 Å². The van der Waals surface area contributed by atoms with Gasteiger partial charge in [0.15, 0.2) is 29.2 Å². The lowest BCUT2D eigenvalue weighted by molar-refractivity contribution is -0.0453. The van der Waals surface area contributed by atoms with E-state index in [4.69, 9.17) is 34.6 Å². The number of hydrogen-bond acceptors (Lipinski definition) is 13. The number of ether oxygens (including phenoxy) is 1. The van der Waals surface area contributed by atoms with E-state index in [2.05, 4.69) is 42.2 Å². The molecule has 4 aromatic rings. The third-order valence-electron chi connectivity index (χ3n) is 5.98. The van der Waals surface area contributed by atoms with E-state index in [-0.39, 0.29) is 36.7 Å². The Morgan fingerprint density at radius 3 is 2.92 bits per heavy atom. The highest BCUT2D eigenvalue weighted by molar-refractivity contribution is 8.44. The Labute approximate surface area is 227 Å². The zero-order chi connectivity index (χ0) is 27.4. The first kappa shape index (κ1) is 27.0. The van der Waals surface area contributed by atoms with Gasteiger partial charge in [-0.05, 0) is 11.8 Å². The average Bonchev–Trinajstić information content (AvgIpc) is 3.56. The van der Waals surface area contributed by atoms with Crippen LogP contribution in [0.4, 0.5) is 4.39 Å². The fourth-order valence-electron chi connectivity index (χ4n) is 4.26. The van der Waals surface area contributed by atoms with Gasteiger partial charge in [0.05, 0.1) is 32.1 Å². The molecular weight excluding hydrogens is 601 g/mol. The fraction of sp³-hybridized carbons (Fsp3) is 0.444. The van der Waals surface area contributed by atoms with Crippen molar-refractivity contribution in [1.82, 2.24) is 39.0 Å². The van der Waals surface area contributed by atoms with Gasteiger partial charge >= 0.3 is 13.5 Å². The second kappa shape index (κ2) is 10.3. The van der Waals surface area contributed by atoms with Crippen molar-refractivity contribution < 1.29 is 36.7 Å². The number of hydrogen-bond donors (Lipinski definition) is 3. The minimum Gasteiger partial charge on any atom is -0.346 e. The zero-order valence-corrected chi connectivity index (χ0v) is 23.0. The Hall–Kier alpha value is -2.18. The summed E-state index contributed by atoms with van der Waals surface area (Å²) in [6, 6.07) is 0. The number of imidazole rings is 2. The Balaban J connectivity index is 1.37. The van der Waals surface area contributed by atoms with Crippen molar-refractivity contribution in [3.63, 3.8) is 0 Å². The monoisotopic (exact) mass is 620 g/mol. The number of halogens is 1. The normalized spacial score (nSPS) is 32.6. The van der Waals surface area contributed by atoms with Crippen LogP contribution in [-0.2, 0) is 52.4 Å². The van der Waals surface area contributed by atoms with Crippen molar-refractivity contribution in [2.45, 2.75) is 37.8 Å². The smallest absolute Gasteiger partial charge is 0.346 e. The number of fused-ring (bicyclic) bond motifs is 6. The van der Waals surface area contributed by atoms with Crippen LogP contribution in [0, 0.1) is 0 Å². The van der Waals surface area contributed by atoms with E-state index in [0.717, 1.165) is 6.33 Å². The summed E-state index contributed by atoms with van der Waals surface area (Å²) in [4.78, 5) is 45.7. The summed E-state index contributed by atoms with van der Waals surface area (Å²) in [6.07, 6.45) is -1.11. The number of alkyl halides is 1. The van der Waals surface area contributed by atoms with Crippen LogP contribution in [-0.4, -0.2) is 75.5 Å². The molecule has 21 heteroatoms. The maximum atomic E-state index is 15.7. The van der Waals surface area contributed by atoms with E-state index in [0.29, 0.717) is 11.2 Å². The van der Waals surface area contributed by atoms with Gasteiger partial charge < -0.3 is 28.2 Å². The van der Waals surface area contributed by atoms with E-state index < -0.39 is 50.3 Å². The predicted octanol–water partition coefficient (Wildman–Crippen LogP) is 1.40. The van der Waals surface area contributed by atoms with E-state index in [1.807, 2.05) is 0 Å². The molecule has 2 aliphatic heterocycles. The molecule has 0 radical (unpaired) electrons. The Morgan fingerprint density at radius 1 is 1.23 bits per heavy atom. The lowest BCUT2D eigenvalue weighted by atomic mass is 10.1. The molecule has 1 saturated heterocycles. The summed E-state index contributed by atoms with van der Waals surface area (Å²) in [5.74, 6) is 0.256. The largest absolute Gasteiger partial charge is 0.387 e. The predicted molar refractivity (Wildman–Crippen MR) is 137 cm³/mol. The molecule has 16 nitrogen and oxygen atoms in total. The second-order valence-electron chi connectivity index (χ2n) is 8.39. The summed E-state index contributed by atoms with van der Waals surface area (Å²) >= 11 is 9.13. The molecule has 4 aromatic heterocycles. The number of thiol groups is 1. The molecule has 39 heavy (non-hydrogen) atoms. The van der Waals surface area contributed by atoms with Crippen molar-refractivity contribution in [3.8, 4) is 0 Å². The van der Waals surface area contributed by atoms with Crippen molar-refractivity contribution >= 4 is 59.9 Å². The van der Waals surface area contributed by atoms with Crippen molar-refractivity contribution in [1.29, 1.82) is 0 Å². The topological polar surface area (TPSA) is 191 Å². The summed E-state index contributed by atoms with van der Waals surface area (Å²) in [7, 11) is 0. The van der Waals surface area contributed by atoms with E-state index in [1.54, 1.807) is 4.57 Å². The van der Waals surface area contributed by atoms with Crippen LogP contribution in [0.2, 0.25) is 0 Å². The van der Waals surface area contributed by atoms with Gasteiger partial charge in [0.2, 0.25) is 0 Å². The standard InChI is InChI=1S/C18H19FN8O8P2S2/c19-12-10-4-32-36(29,38)31-2-1-26-11(25-9-3-20-6-21-15(9)26)5-33-37(30,39)35-14(12)18(34-10)27-8-24-13-16(27)22-7-23-17(13)28/h3,6-8,10,12,14,18H,1-2,4-5H2,(H,29,38)(H,30,39)(H,22,23,28)/t10-,12+,14-,18+,36?,37?/m1/s1. The van der Waals surface area contributed by atoms with Crippen LogP contribution < -0.4 is 5.56 Å². The third-order valence-corrected chi connectivity index (χ3v) is 9.19. The summed E-state index contributed by atoms with van der Waals surface area (Å²) in [5.41, 5.74) is 0.320. The van der Waals surface area contributed by atoms with E-state index >= 15 is 4.39 Å². The number of rotatable bonds is 1. The molecule has 6 atom stereocenters. The lowest BCUT2D eigenvalue weighted by Gasteiger charge is -2.23. The van der Waals surface area contributed by atoms with Crippen LogP contribution in [0.3, 0.4) is 0 Å². The number of aromatic nitrogens is 8. The Bertz CT molecular complexity index is 1700. The molecule has 1 fully saturated rings. The third kappa shape index (κ3) is 5.31. The molecule has 2 bridgehead atoms. The van der Waals surface area contributed by atoms with Gasteiger partial charge in [-0.3, -0.25) is 18.4 Å². The molecule has 0 saturated carbocycles. The molecule has 0 aromatic carbocycles. The average molecular weight is 620 g/mol. The highest BCUT2D eigenvalue weighted by Crippen LogP contribution is 2.57. The SMILES string of the molecule is O=c1[nH]cnc2c1ncn2[C@H]1O[C@@H]2COP(O)(=S)OCCn3c(nc4cncnc43)COP(=O)(S)O[C@@H]1[C@H]2F. The number of aromatic amines is 1. The molecule has 6 rings (SSSR count). The van der Waals surface area contributed by atoms with Gasteiger partial charge in [-0.2, -0.15) is 0 Å². The van der Waals surface area contributed by atoms with Crippen molar-refractivity contribution in [2.24, 2.45) is 0 Å². The van der Waals surface area contributed by atoms with Crippen LogP contribution in [0.15, 0.2) is 30.0 Å². The molecule has 6 heterocycles. The first-order chi connectivity index (χ1) is 18.6. The maximum absolute atomic E-state index is 15.7. The first-order valence-corrected chi connectivity index (χ1v) is 16.5. The second-order valence-corrected chi connectivity index (χ2v) is 14.1. The first-order valence-electron chi connectivity index (χ1n) is 11.2. The molecule has 2 aliphatic rings. The van der Waals surface area contributed by atoms with Gasteiger partial charge in [-0.25, -0.2) is 33.9 Å². The molecular formula is C18H19FN8O8P2S2. The Morgan fingerprint density at radius 2 is 2.08 bits per heavy atom. The summed E-state index contributed by atoms with van der Waals surface area (Å²) in [5, 5.41) is 0. The van der Waals surface area contributed by atoms with Gasteiger partial charge in [-0.15, -0.1) is 0 Å². The van der Waals surface area contributed by atoms with Crippen molar-refractivity contribution in [2.75, 3.05) is 13.2 Å². The van der Waals surface area contributed by atoms with Gasteiger partial charge in [0, 0.05) is 6.54 Å². The van der Waals surface area contributed by atoms with Gasteiger partial charge in [0.25, 0.3) is 5.56 Å². The maximum Gasteiger partial charge on any atom is 0.387 e. The fourth-order valence-corrected chi connectivity index (χ4v) is 6.76. The lowest BCUT2D eigenvalue weighted by Crippen LogP contribution is -2.32. The van der Waals surface area contributed by atoms with E-state index in [1.165, 1.54) is 23.4 Å². The van der Waals surface area contributed by atoms with Crippen LogP contribution >= 0.6 is 25.8 Å². The number of nitrogens with zero attached hydrogens (tertiary/aromatic N) is 7. The van der Waals surface area contributed by atoms with Crippen LogP contribution in [0.5, 0.6) is 0 Å². The minimum atomic E-state index is -4.26. The Kier molecular flexibility index (Phi) is 7.16. The highest BCUT2D eigenvalue weighted by atomic mass is 32.7.